The van der Waals surface area contributed by atoms with Crippen LogP contribution in [0.5, 0.6) is 0 Å². The number of nitrogens with two attached hydrogens (primary N) is 1. The highest BCUT2D eigenvalue weighted by molar-refractivity contribution is 9.10. The Morgan fingerprint density at radius 3 is 2.50 bits per heavy atom. The summed E-state index contributed by atoms with van der Waals surface area (Å²) >= 11 is 3.04. The van der Waals surface area contributed by atoms with Gasteiger partial charge >= 0.3 is 6.18 Å². The van der Waals surface area contributed by atoms with Crippen LogP contribution < -0.4 is 5.73 Å². The van der Waals surface area contributed by atoms with Gasteiger partial charge in [0, 0.05) is 10.9 Å². The first-order valence-corrected chi connectivity index (χ1v) is 5.71. The van der Waals surface area contributed by atoms with Gasteiger partial charge in [-0.3, -0.25) is 0 Å². The number of alkyl halides is 3. The molecule has 0 bridgehead atoms. The minimum absolute atomic E-state index is 0.156. The maximum absolute atomic E-state index is 13.2. The average Bonchev–Trinajstić information content (AvgIpc) is 2.54. The van der Waals surface area contributed by atoms with Crippen LogP contribution in [0.3, 0.4) is 0 Å². The normalized spacial score (nSPS) is 14.2. The Kier molecular flexibility index (Phi) is 3.14. The molecule has 2 rings (SSSR count). The van der Waals surface area contributed by atoms with Gasteiger partial charge in [-0.2, -0.15) is 13.2 Å². The summed E-state index contributed by atoms with van der Waals surface area (Å²) in [4.78, 5) is 0. The number of hydrogen-bond acceptors (Lipinski definition) is 2. The van der Waals surface area contributed by atoms with Crippen molar-refractivity contribution >= 4 is 26.9 Å². The summed E-state index contributed by atoms with van der Waals surface area (Å²) in [7, 11) is 0. The van der Waals surface area contributed by atoms with Crippen LogP contribution in [0.2, 0.25) is 0 Å². The summed E-state index contributed by atoms with van der Waals surface area (Å²) in [5.74, 6) is -0.964. The van der Waals surface area contributed by atoms with Crippen molar-refractivity contribution in [3.63, 3.8) is 0 Å². The molecular weight excluding hydrogens is 318 g/mol. The molecule has 0 aliphatic carbocycles. The highest BCUT2D eigenvalue weighted by Crippen LogP contribution is 2.39. The molecule has 0 aliphatic rings. The van der Waals surface area contributed by atoms with E-state index in [2.05, 4.69) is 15.9 Å². The van der Waals surface area contributed by atoms with Gasteiger partial charge in [0.05, 0.1) is 4.47 Å². The fourth-order valence-corrected chi connectivity index (χ4v) is 2.22. The van der Waals surface area contributed by atoms with Crippen LogP contribution in [-0.2, 0) is 0 Å². The number of halogens is 5. The van der Waals surface area contributed by atoms with Crippen molar-refractivity contribution in [2.45, 2.75) is 19.1 Å². The van der Waals surface area contributed by atoms with E-state index in [1.807, 2.05) is 0 Å². The topological polar surface area (TPSA) is 39.2 Å². The molecule has 2 nitrogen and oxygen atoms in total. The Morgan fingerprint density at radius 1 is 1.33 bits per heavy atom. The van der Waals surface area contributed by atoms with E-state index in [-0.39, 0.29) is 21.0 Å². The van der Waals surface area contributed by atoms with Crippen molar-refractivity contribution in [1.29, 1.82) is 0 Å². The van der Waals surface area contributed by atoms with Gasteiger partial charge in [0.15, 0.2) is 6.04 Å². The van der Waals surface area contributed by atoms with Crippen LogP contribution in [0.15, 0.2) is 21.0 Å². The van der Waals surface area contributed by atoms with E-state index in [0.717, 1.165) is 12.1 Å². The molecule has 1 atom stereocenters. The first-order chi connectivity index (χ1) is 8.21. The average molecular weight is 326 g/mol. The molecule has 1 unspecified atom stereocenters. The van der Waals surface area contributed by atoms with Crippen LogP contribution in [0.4, 0.5) is 17.6 Å². The molecule has 1 aromatic carbocycles. The van der Waals surface area contributed by atoms with Crippen molar-refractivity contribution < 1.29 is 22.0 Å². The lowest BCUT2D eigenvalue weighted by Gasteiger charge is -2.13. The standard InChI is InChI=1S/C11H8BrF4NO/c1-4-6-2-5(13)3-7(12)9(6)18-8(4)10(17)11(14,15)16/h2-3,10H,17H2,1H3. The van der Waals surface area contributed by atoms with Gasteiger partial charge < -0.3 is 10.2 Å². The molecule has 0 radical (unpaired) electrons. The number of furan rings is 1. The Labute approximate surface area is 108 Å². The summed E-state index contributed by atoms with van der Waals surface area (Å²) < 4.78 is 56.2. The predicted molar refractivity (Wildman–Crippen MR) is 61.6 cm³/mol. The molecule has 0 fully saturated rings. The summed E-state index contributed by atoms with van der Waals surface area (Å²) in [6.45, 7) is 1.42. The third-order valence-electron chi connectivity index (χ3n) is 2.63. The highest BCUT2D eigenvalue weighted by atomic mass is 79.9. The molecule has 98 valence electrons. The minimum atomic E-state index is -4.61. The quantitative estimate of drug-likeness (QED) is 0.798. The van der Waals surface area contributed by atoms with Gasteiger partial charge in [-0.25, -0.2) is 4.39 Å². The van der Waals surface area contributed by atoms with E-state index in [4.69, 9.17) is 10.2 Å². The number of fused-ring (bicyclic) bond motifs is 1. The molecule has 7 heteroatoms. The van der Waals surface area contributed by atoms with Crippen molar-refractivity contribution in [3.05, 3.63) is 33.7 Å². The van der Waals surface area contributed by atoms with Crippen LogP contribution in [0.25, 0.3) is 11.0 Å². The largest absolute Gasteiger partial charge is 0.458 e. The van der Waals surface area contributed by atoms with Gasteiger partial charge in [0.2, 0.25) is 0 Å². The van der Waals surface area contributed by atoms with Crippen molar-refractivity contribution in [3.8, 4) is 0 Å². The molecule has 1 heterocycles. The van der Waals surface area contributed by atoms with Gasteiger partial charge in [0.25, 0.3) is 0 Å². The second-order valence-corrected chi connectivity index (χ2v) is 4.73. The van der Waals surface area contributed by atoms with Gasteiger partial charge in [-0.1, -0.05) is 0 Å². The molecule has 1 aromatic heterocycles. The van der Waals surface area contributed by atoms with Crippen LogP contribution >= 0.6 is 15.9 Å². The maximum Gasteiger partial charge on any atom is 0.410 e. The summed E-state index contributed by atoms with van der Waals surface area (Å²) in [6.07, 6.45) is -4.61. The Balaban J connectivity index is 2.68. The molecule has 0 amide bonds. The van der Waals surface area contributed by atoms with E-state index in [1.165, 1.54) is 6.92 Å². The Morgan fingerprint density at radius 2 is 1.94 bits per heavy atom. The van der Waals surface area contributed by atoms with Crippen LogP contribution in [-0.4, -0.2) is 6.18 Å². The molecular formula is C11H8BrF4NO. The summed E-state index contributed by atoms with van der Waals surface area (Å²) in [5, 5.41) is 0.275. The maximum atomic E-state index is 13.2. The van der Waals surface area contributed by atoms with E-state index in [1.54, 1.807) is 0 Å². The number of hydrogen-bond donors (Lipinski definition) is 1. The minimum Gasteiger partial charge on any atom is -0.458 e. The van der Waals surface area contributed by atoms with Gasteiger partial charge in [-0.05, 0) is 35.0 Å². The van der Waals surface area contributed by atoms with E-state index in [9.17, 15) is 17.6 Å². The highest BCUT2D eigenvalue weighted by Gasteiger charge is 2.41. The second-order valence-electron chi connectivity index (χ2n) is 3.87. The zero-order valence-corrected chi connectivity index (χ0v) is 10.7. The van der Waals surface area contributed by atoms with Crippen LogP contribution in [0.1, 0.15) is 17.4 Å². The SMILES string of the molecule is Cc1c(C(N)C(F)(F)F)oc2c(Br)cc(F)cc12. The third-order valence-corrected chi connectivity index (χ3v) is 3.22. The number of rotatable bonds is 1. The molecule has 0 saturated heterocycles. The van der Waals surface area contributed by atoms with Gasteiger partial charge in [0.1, 0.15) is 17.2 Å². The lowest BCUT2D eigenvalue weighted by molar-refractivity contribution is -0.152. The molecule has 18 heavy (non-hydrogen) atoms. The molecule has 2 aromatic rings. The van der Waals surface area contributed by atoms with Crippen molar-refractivity contribution in [2.75, 3.05) is 0 Å². The number of benzene rings is 1. The first-order valence-electron chi connectivity index (χ1n) is 4.92. The molecule has 0 aliphatic heterocycles. The zero-order valence-electron chi connectivity index (χ0n) is 9.11. The number of aryl methyl sites for hydroxylation is 1. The monoisotopic (exact) mass is 325 g/mol. The van der Waals surface area contributed by atoms with Gasteiger partial charge in [-0.15, -0.1) is 0 Å². The fourth-order valence-electron chi connectivity index (χ4n) is 1.71. The van der Waals surface area contributed by atoms with Crippen LogP contribution in [0, 0.1) is 12.7 Å². The van der Waals surface area contributed by atoms with E-state index >= 15 is 0 Å². The first kappa shape index (κ1) is 13.4. The predicted octanol–water partition coefficient (Wildman–Crippen LogP) is 4.20. The second kappa shape index (κ2) is 4.24. The molecule has 0 saturated carbocycles. The van der Waals surface area contributed by atoms with E-state index in [0.29, 0.717) is 0 Å². The third kappa shape index (κ3) is 2.12. The smallest absolute Gasteiger partial charge is 0.410 e. The van der Waals surface area contributed by atoms with Crippen molar-refractivity contribution in [1.82, 2.24) is 0 Å². The molecule has 2 N–H and O–H groups in total. The fraction of sp³-hybridized carbons (Fsp3) is 0.273. The van der Waals surface area contributed by atoms with E-state index < -0.39 is 23.8 Å². The Bertz CT molecular complexity index is 605. The summed E-state index contributed by atoms with van der Waals surface area (Å²) in [5.41, 5.74) is 5.44. The lowest BCUT2D eigenvalue weighted by atomic mass is 10.1. The Hall–Kier alpha value is -1.08. The zero-order chi connectivity index (χ0) is 13.7. The molecule has 0 spiro atoms. The van der Waals surface area contributed by atoms with Crippen molar-refractivity contribution in [2.24, 2.45) is 5.73 Å². The summed E-state index contributed by atoms with van der Waals surface area (Å²) in [6, 6.07) is 0.0134. The lowest BCUT2D eigenvalue weighted by Crippen LogP contribution is -2.28.